The van der Waals surface area contributed by atoms with Gasteiger partial charge in [0.1, 0.15) is 5.60 Å². The number of nitrogens with one attached hydrogen (secondary N) is 1. The fraction of sp³-hybridized carbons (Fsp3) is 0.265. The van der Waals surface area contributed by atoms with Crippen LogP contribution in [0, 0.1) is 0 Å². The van der Waals surface area contributed by atoms with Crippen molar-refractivity contribution < 1.29 is 14.3 Å². The predicted octanol–water partition coefficient (Wildman–Crippen LogP) is 5.76. The summed E-state index contributed by atoms with van der Waals surface area (Å²) in [6.45, 7) is 6.56. The Labute approximate surface area is 240 Å². The van der Waals surface area contributed by atoms with E-state index in [9.17, 15) is 14.4 Å². The predicted molar refractivity (Wildman–Crippen MR) is 161 cm³/mol. The van der Waals surface area contributed by atoms with E-state index in [0.717, 1.165) is 22.3 Å². The lowest BCUT2D eigenvalue weighted by Gasteiger charge is -2.24. The van der Waals surface area contributed by atoms with Gasteiger partial charge in [0.2, 0.25) is 0 Å². The molecular formula is C34H35N3O4. The maximum atomic E-state index is 13.2. The number of fused-ring (bicyclic) bond motifs is 1. The Morgan fingerprint density at radius 3 is 2.15 bits per heavy atom. The number of hydrogen-bond donors (Lipinski definition) is 1. The maximum Gasteiger partial charge on any atom is 0.414 e. The van der Waals surface area contributed by atoms with Crippen LogP contribution in [0.4, 0.5) is 10.5 Å². The molecule has 0 spiro atoms. The maximum absolute atomic E-state index is 13.2. The van der Waals surface area contributed by atoms with Gasteiger partial charge in [-0.3, -0.25) is 14.5 Å². The monoisotopic (exact) mass is 549 g/mol. The average molecular weight is 550 g/mol. The Morgan fingerprint density at radius 1 is 0.854 bits per heavy atom. The van der Waals surface area contributed by atoms with Crippen LogP contribution in [-0.4, -0.2) is 35.3 Å². The van der Waals surface area contributed by atoms with Crippen molar-refractivity contribution in [2.45, 2.75) is 45.3 Å². The molecule has 0 saturated carbocycles. The number of rotatable bonds is 7. The summed E-state index contributed by atoms with van der Waals surface area (Å²) in [6.07, 6.45) is 2.04. The van der Waals surface area contributed by atoms with Crippen molar-refractivity contribution in [3.63, 3.8) is 0 Å². The van der Waals surface area contributed by atoms with Crippen LogP contribution in [0.2, 0.25) is 0 Å². The molecule has 3 aromatic carbocycles. The molecule has 0 fully saturated rings. The highest BCUT2D eigenvalue weighted by molar-refractivity contribution is 6.00. The summed E-state index contributed by atoms with van der Waals surface area (Å²) in [5.41, 5.74) is 4.58. The molecule has 0 bridgehead atoms. The number of anilines is 1. The van der Waals surface area contributed by atoms with Crippen molar-refractivity contribution in [3.8, 4) is 0 Å². The summed E-state index contributed by atoms with van der Waals surface area (Å²) in [6, 6.07) is 29.3. The number of ether oxygens (including phenoxy) is 1. The van der Waals surface area contributed by atoms with Gasteiger partial charge in [-0.2, -0.15) is 0 Å². The zero-order chi connectivity index (χ0) is 29.0. The molecule has 0 radical (unpaired) electrons. The Morgan fingerprint density at radius 2 is 1.51 bits per heavy atom. The molecule has 1 aromatic heterocycles. The van der Waals surface area contributed by atoms with E-state index in [1.807, 2.05) is 75.5 Å². The van der Waals surface area contributed by atoms with Gasteiger partial charge in [-0.05, 0) is 61.6 Å². The highest BCUT2D eigenvalue weighted by Gasteiger charge is 2.31. The first-order valence-electron chi connectivity index (χ1n) is 13.9. The Bertz CT molecular complexity index is 1550. The minimum Gasteiger partial charge on any atom is -0.443 e. The van der Waals surface area contributed by atoms with Crippen molar-refractivity contribution in [1.29, 1.82) is 0 Å². The van der Waals surface area contributed by atoms with Crippen LogP contribution >= 0.6 is 0 Å². The van der Waals surface area contributed by atoms with Crippen molar-refractivity contribution in [2.75, 3.05) is 18.0 Å². The number of pyridine rings is 1. The Hall–Kier alpha value is -4.65. The van der Waals surface area contributed by atoms with Crippen LogP contribution in [0.3, 0.4) is 0 Å². The van der Waals surface area contributed by atoms with E-state index in [1.165, 1.54) is 0 Å². The third kappa shape index (κ3) is 6.40. The fourth-order valence-corrected chi connectivity index (χ4v) is 5.30. The molecule has 5 rings (SSSR count). The highest BCUT2D eigenvalue weighted by atomic mass is 16.6. The number of aromatic nitrogens is 1. The summed E-state index contributed by atoms with van der Waals surface area (Å²) in [7, 11) is 0. The fourth-order valence-electron chi connectivity index (χ4n) is 5.30. The van der Waals surface area contributed by atoms with Gasteiger partial charge in [0, 0.05) is 43.4 Å². The van der Waals surface area contributed by atoms with Gasteiger partial charge in [0.25, 0.3) is 11.5 Å². The number of nitrogens with zero attached hydrogens (tertiary/aromatic N) is 2. The lowest BCUT2D eigenvalue weighted by molar-refractivity contribution is 0.0583. The molecule has 41 heavy (non-hydrogen) atoms. The van der Waals surface area contributed by atoms with E-state index in [-0.39, 0.29) is 23.9 Å². The zero-order valence-electron chi connectivity index (χ0n) is 23.7. The normalized spacial score (nSPS) is 12.7. The van der Waals surface area contributed by atoms with Crippen molar-refractivity contribution in [2.24, 2.45) is 0 Å². The molecule has 0 unspecified atom stereocenters. The number of hydrogen-bond acceptors (Lipinski definition) is 4. The third-order valence-corrected chi connectivity index (χ3v) is 7.13. The molecule has 1 N–H and O–H groups in total. The standard InChI is InChI=1S/C34H35N3O4/c1-34(2,3)41-33(40)37-21-19-27-28(15-10-16-29(27)37)32(39)35-20-22-36-23-26(17-18-30(36)38)31(24-11-6-4-7-12-24)25-13-8-5-9-14-25/h4-18,23,31H,19-22H2,1-3H3,(H,35,39). The molecule has 7 heteroatoms. The van der Waals surface area contributed by atoms with Crippen molar-refractivity contribution in [3.05, 3.63) is 135 Å². The van der Waals surface area contributed by atoms with Crippen molar-refractivity contribution in [1.82, 2.24) is 9.88 Å². The lowest BCUT2D eigenvalue weighted by Crippen LogP contribution is -2.35. The van der Waals surface area contributed by atoms with Crippen LogP contribution in [0.1, 0.15) is 59.3 Å². The number of carbonyl (C=O) groups excluding carboxylic acids is 2. The molecule has 210 valence electrons. The zero-order valence-corrected chi connectivity index (χ0v) is 23.7. The SMILES string of the molecule is CC(C)(C)OC(=O)N1CCc2c(C(=O)NCCn3cc(C(c4ccccc4)c4ccccc4)ccc3=O)cccc21. The minimum atomic E-state index is -0.605. The largest absolute Gasteiger partial charge is 0.443 e. The molecule has 4 aromatic rings. The second kappa shape index (κ2) is 11.8. The van der Waals surface area contributed by atoms with Gasteiger partial charge in [-0.1, -0.05) is 72.8 Å². The lowest BCUT2D eigenvalue weighted by atomic mass is 9.86. The highest BCUT2D eigenvalue weighted by Crippen LogP contribution is 2.33. The molecule has 1 aliphatic rings. The van der Waals surface area contributed by atoms with E-state index in [0.29, 0.717) is 30.8 Å². The topological polar surface area (TPSA) is 80.6 Å². The van der Waals surface area contributed by atoms with Crippen LogP contribution in [-0.2, 0) is 17.7 Å². The summed E-state index contributed by atoms with van der Waals surface area (Å²) in [5, 5.41) is 2.97. The van der Waals surface area contributed by atoms with Gasteiger partial charge in [-0.15, -0.1) is 0 Å². The number of carbonyl (C=O) groups is 2. The smallest absolute Gasteiger partial charge is 0.414 e. The Balaban J connectivity index is 1.31. The quantitative estimate of drug-likeness (QED) is 0.318. The molecule has 2 amide bonds. The van der Waals surface area contributed by atoms with Gasteiger partial charge in [0.15, 0.2) is 0 Å². The summed E-state index contributed by atoms with van der Waals surface area (Å²) >= 11 is 0. The number of amides is 2. The third-order valence-electron chi connectivity index (χ3n) is 7.13. The van der Waals surface area contributed by atoms with Gasteiger partial charge < -0.3 is 14.6 Å². The van der Waals surface area contributed by atoms with Gasteiger partial charge in [-0.25, -0.2) is 4.79 Å². The van der Waals surface area contributed by atoms with Crippen LogP contribution < -0.4 is 15.8 Å². The summed E-state index contributed by atoms with van der Waals surface area (Å²) in [5.74, 6) is -0.262. The molecule has 0 aliphatic carbocycles. The van der Waals surface area contributed by atoms with Crippen molar-refractivity contribution >= 4 is 17.7 Å². The molecule has 7 nitrogen and oxygen atoms in total. The van der Waals surface area contributed by atoms with Crippen LogP contribution in [0.15, 0.2) is 102 Å². The first-order chi connectivity index (χ1) is 19.7. The van der Waals surface area contributed by atoms with Gasteiger partial charge in [0.05, 0.1) is 5.69 Å². The summed E-state index contributed by atoms with van der Waals surface area (Å²) < 4.78 is 7.19. The first-order valence-corrected chi connectivity index (χ1v) is 13.9. The molecule has 0 saturated heterocycles. The van der Waals surface area contributed by atoms with E-state index >= 15 is 0 Å². The van der Waals surface area contributed by atoms with Crippen LogP contribution in [0.25, 0.3) is 0 Å². The molecule has 1 aliphatic heterocycles. The second-order valence-corrected chi connectivity index (χ2v) is 11.2. The van der Waals surface area contributed by atoms with Crippen LogP contribution in [0.5, 0.6) is 0 Å². The Kier molecular flexibility index (Phi) is 8.06. The summed E-state index contributed by atoms with van der Waals surface area (Å²) in [4.78, 5) is 40.2. The molecule has 0 atom stereocenters. The average Bonchev–Trinajstić information content (AvgIpc) is 3.40. The number of benzene rings is 3. The minimum absolute atomic E-state index is 0.0290. The first kappa shape index (κ1) is 27.9. The van der Waals surface area contributed by atoms with E-state index in [1.54, 1.807) is 27.7 Å². The second-order valence-electron chi connectivity index (χ2n) is 11.2. The van der Waals surface area contributed by atoms with E-state index in [2.05, 4.69) is 29.6 Å². The van der Waals surface area contributed by atoms with Gasteiger partial charge >= 0.3 is 6.09 Å². The molecular weight excluding hydrogens is 514 g/mol. The van der Waals surface area contributed by atoms with E-state index < -0.39 is 11.7 Å². The molecule has 2 heterocycles. The van der Waals surface area contributed by atoms with E-state index in [4.69, 9.17) is 4.74 Å².